The largest absolute Gasteiger partial charge is 0.453 e. The van der Waals surface area contributed by atoms with Crippen molar-refractivity contribution in [2.45, 2.75) is 25.7 Å². The van der Waals surface area contributed by atoms with Crippen LogP contribution in [0.5, 0.6) is 0 Å². The number of piperidine rings is 2. The molecule has 0 aliphatic carbocycles. The molecule has 26 heavy (non-hydrogen) atoms. The Hall–Kier alpha value is -1.76. The molecule has 3 rings (SSSR count). The molecule has 0 spiro atoms. The lowest BCUT2D eigenvalue weighted by atomic mass is 9.79. The van der Waals surface area contributed by atoms with Crippen LogP contribution in [0.25, 0.3) is 0 Å². The Morgan fingerprint density at radius 1 is 0.962 bits per heavy atom. The molecule has 0 atom stereocenters. The van der Waals surface area contributed by atoms with Crippen molar-refractivity contribution in [2.24, 2.45) is 11.8 Å². The van der Waals surface area contributed by atoms with Crippen molar-refractivity contribution in [3.63, 3.8) is 0 Å². The lowest BCUT2D eigenvalue weighted by Crippen LogP contribution is -2.45. The minimum absolute atomic E-state index is 0.0220. The monoisotopic (exact) mass is 423 g/mol. The topological polar surface area (TPSA) is 61.9 Å². The van der Waals surface area contributed by atoms with E-state index < -0.39 is 0 Å². The summed E-state index contributed by atoms with van der Waals surface area (Å²) in [5, 5.41) is 2.97. The van der Waals surface area contributed by atoms with Gasteiger partial charge < -0.3 is 19.9 Å². The van der Waals surface area contributed by atoms with E-state index in [9.17, 15) is 9.59 Å². The van der Waals surface area contributed by atoms with E-state index >= 15 is 0 Å². The van der Waals surface area contributed by atoms with E-state index in [1.807, 2.05) is 29.2 Å². The van der Waals surface area contributed by atoms with Gasteiger partial charge in [-0.05, 0) is 61.8 Å². The van der Waals surface area contributed by atoms with Crippen molar-refractivity contribution in [3.05, 3.63) is 28.7 Å². The van der Waals surface area contributed by atoms with Gasteiger partial charge in [0.2, 0.25) is 0 Å². The first-order valence-corrected chi connectivity index (χ1v) is 10.0. The summed E-state index contributed by atoms with van der Waals surface area (Å²) >= 11 is 3.40. The number of hydrogen-bond acceptors (Lipinski definition) is 3. The lowest BCUT2D eigenvalue weighted by molar-refractivity contribution is 0.0839. The number of hydrogen-bond donors (Lipinski definition) is 1. The van der Waals surface area contributed by atoms with Gasteiger partial charge in [-0.2, -0.15) is 0 Å². The Balaban J connectivity index is 1.43. The van der Waals surface area contributed by atoms with Crippen LogP contribution < -0.4 is 5.32 Å². The first kappa shape index (κ1) is 19.0. The van der Waals surface area contributed by atoms with Crippen molar-refractivity contribution < 1.29 is 14.3 Å². The van der Waals surface area contributed by atoms with Crippen molar-refractivity contribution in [3.8, 4) is 0 Å². The van der Waals surface area contributed by atoms with Crippen molar-refractivity contribution in [2.75, 3.05) is 38.6 Å². The van der Waals surface area contributed by atoms with E-state index in [-0.39, 0.29) is 12.1 Å². The number of urea groups is 1. The number of carbonyl (C=O) groups is 2. The number of halogens is 1. The molecule has 2 heterocycles. The Morgan fingerprint density at radius 2 is 1.46 bits per heavy atom. The average Bonchev–Trinajstić information content (AvgIpc) is 2.69. The number of carbonyl (C=O) groups excluding carboxylic acids is 2. The maximum Gasteiger partial charge on any atom is 0.409 e. The molecule has 0 saturated carbocycles. The van der Waals surface area contributed by atoms with Crippen molar-refractivity contribution in [1.29, 1.82) is 0 Å². The van der Waals surface area contributed by atoms with Crippen molar-refractivity contribution in [1.82, 2.24) is 9.80 Å². The molecule has 1 N–H and O–H groups in total. The molecule has 0 aromatic heterocycles. The van der Waals surface area contributed by atoms with E-state index in [1.54, 1.807) is 4.90 Å². The quantitative estimate of drug-likeness (QED) is 0.775. The van der Waals surface area contributed by atoms with Crippen LogP contribution in [-0.4, -0.2) is 55.2 Å². The molecular formula is C19H26BrN3O3. The number of rotatable bonds is 2. The third-order valence-corrected chi connectivity index (χ3v) is 6.09. The summed E-state index contributed by atoms with van der Waals surface area (Å²) in [6.45, 7) is 3.15. The van der Waals surface area contributed by atoms with Crippen LogP contribution in [0.1, 0.15) is 25.7 Å². The predicted octanol–water partition coefficient (Wildman–Crippen LogP) is 4.17. The predicted molar refractivity (Wildman–Crippen MR) is 104 cm³/mol. The zero-order valence-electron chi connectivity index (χ0n) is 15.1. The first-order chi connectivity index (χ1) is 12.6. The summed E-state index contributed by atoms with van der Waals surface area (Å²) < 4.78 is 5.79. The fourth-order valence-corrected chi connectivity index (χ4v) is 4.26. The SMILES string of the molecule is COC(=O)N1CCC(C2CCN(C(=O)Nc3ccc(Br)cc3)CC2)CC1. The lowest BCUT2D eigenvalue weighted by Gasteiger charge is -2.39. The molecule has 1 aromatic rings. The number of nitrogens with zero attached hydrogens (tertiary/aromatic N) is 2. The van der Waals surface area contributed by atoms with Gasteiger partial charge >= 0.3 is 12.1 Å². The van der Waals surface area contributed by atoms with Gasteiger partial charge in [0.05, 0.1) is 7.11 Å². The van der Waals surface area contributed by atoms with Crippen LogP contribution in [0.15, 0.2) is 28.7 Å². The molecule has 0 bridgehead atoms. The third-order valence-electron chi connectivity index (χ3n) is 5.56. The van der Waals surface area contributed by atoms with Gasteiger partial charge in [0.15, 0.2) is 0 Å². The molecule has 6 nitrogen and oxygen atoms in total. The molecule has 2 aliphatic heterocycles. The fraction of sp³-hybridized carbons (Fsp3) is 0.579. The number of amides is 3. The minimum atomic E-state index is -0.220. The third kappa shape index (κ3) is 4.69. The number of likely N-dealkylation sites (tertiary alicyclic amines) is 2. The number of nitrogens with one attached hydrogen (secondary N) is 1. The second-order valence-corrected chi connectivity index (χ2v) is 7.97. The normalized spacial score (nSPS) is 19.3. The highest BCUT2D eigenvalue weighted by Crippen LogP contribution is 2.32. The molecule has 1 aromatic carbocycles. The molecule has 7 heteroatoms. The van der Waals surface area contributed by atoms with Gasteiger partial charge in [-0.15, -0.1) is 0 Å². The van der Waals surface area contributed by atoms with E-state index in [1.165, 1.54) is 7.11 Å². The van der Waals surface area contributed by atoms with Crippen molar-refractivity contribution >= 4 is 33.7 Å². The molecule has 0 unspecified atom stereocenters. The molecule has 0 radical (unpaired) electrons. The van der Waals surface area contributed by atoms with Gasteiger partial charge in [0.1, 0.15) is 0 Å². The van der Waals surface area contributed by atoms with E-state index in [0.717, 1.165) is 62.0 Å². The van der Waals surface area contributed by atoms with Crippen LogP contribution in [0.3, 0.4) is 0 Å². The second kappa shape index (κ2) is 8.75. The van der Waals surface area contributed by atoms with Crippen LogP contribution in [0.2, 0.25) is 0 Å². The Bertz CT molecular complexity index is 621. The van der Waals surface area contributed by atoms with Gasteiger partial charge in [0.25, 0.3) is 0 Å². The zero-order chi connectivity index (χ0) is 18.5. The standard InChI is InChI=1S/C19H26BrN3O3/c1-26-19(25)23-12-8-15(9-13-23)14-6-10-22(11-7-14)18(24)21-17-4-2-16(20)3-5-17/h2-5,14-15H,6-13H2,1H3,(H,21,24). The fourth-order valence-electron chi connectivity index (χ4n) is 3.99. The summed E-state index contributed by atoms with van der Waals surface area (Å²) in [5.41, 5.74) is 0.815. The highest BCUT2D eigenvalue weighted by molar-refractivity contribution is 9.10. The summed E-state index contributed by atoms with van der Waals surface area (Å²) in [6, 6.07) is 7.60. The van der Waals surface area contributed by atoms with E-state index in [0.29, 0.717) is 11.8 Å². The molecule has 142 valence electrons. The Kier molecular flexibility index (Phi) is 6.40. The maximum absolute atomic E-state index is 12.4. The van der Waals surface area contributed by atoms with Crippen LogP contribution in [0, 0.1) is 11.8 Å². The number of anilines is 1. The summed E-state index contributed by atoms with van der Waals surface area (Å²) in [5.74, 6) is 1.29. The molecule has 3 amide bonds. The first-order valence-electron chi connectivity index (χ1n) is 9.21. The molecular weight excluding hydrogens is 398 g/mol. The summed E-state index contributed by atoms with van der Waals surface area (Å²) in [7, 11) is 1.43. The Labute approximate surface area is 163 Å². The second-order valence-electron chi connectivity index (χ2n) is 7.06. The van der Waals surface area contributed by atoms with Gasteiger partial charge in [0, 0.05) is 36.3 Å². The van der Waals surface area contributed by atoms with Gasteiger partial charge in [-0.25, -0.2) is 9.59 Å². The zero-order valence-corrected chi connectivity index (χ0v) is 16.7. The minimum Gasteiger partial charge on any atom is -0.453 e. The maximum atomic E-state index is 12.4. The smallest absolute Gasteiger partial charge is 0.409 e. The number of ether oxygens (including phenoxy) is 1. The van der Waals surface area contributed by atoms with Crippen LogP contribution in [-0.2, 0) is 4.74 Å². The number of benzene rings is 1. The van der Waals surface area contributed by atoms with Gasteiger partial charge in [-0.3, -0.25) is 0 Å². The average molecular weight is 424 g/mol. The summed E-state index contributed by atoms with van der Waals surface area (Å²) in [4.78, 5) is 27.7. The highest BCUT2D eigenvalue weighted by Gasteiger charge is 2.32. The molecule has 2 fully saturated rings. The highest BCUT2D eigenvalue weighted by atomic mass is 79.9. The summed E-state index contributed by atoms with van der Waals surface area (Å²) in [6.07, 6.45) is 3.92. The Morgan fingerprint density at radius 3 is 1.96 bits per heavy atom. The molecule has 2 aliphatic rings. The van der Waals surface area contributed by atoms with Crippen LogP contribution in [0.4, 0.5) is 15.3 Å². The van der Waals surface area contributed by atoms with E-state index in [2.05, 4.69) is 21.2 Å². The van der Waals surface area contributed by atoms with Gasteiger partial charge in [-0.1, -0.05) is 15.9 Å². The van der Waals surface area contributed by atoms with E-state index in [4.69, 9.17) is 4.74 Å². The van der Waals surface area contributed by atoms with Crippen LogP contribution >= 0.6 is 15.9 Å². The molecule has 2 saturated heterocycles. The number of methoxy groups -OCH3 is 1.